The normalized spacial score (nSPS) is 11.0. The lowest BCUT2D eigenvalue weighted by Crippen LogP contribution is -2.15. The average Bonchev–Trinajstić information content (AvgIpc) is 3.25. The second kappa shape index (κ2) is 5.90. The largest absolute Gasteiger partial charge is 0.340 e. The predicted molar refractivity (Wildman–Crippen MR) is 94.4 cm³/mol. The minimum Gasteiger partial charge on any atom is -0.340 e. The number of hydrogen-bond acceptors (Lipinski definition) is 2. The van der Waals surface area contributed by atoms with E-state index in [0.717, 1.165) is 5.69 Å². The van der Waals surface area contributed by atoms with Crippen LogP contribution in [-0.2, 0) is 7.05 Å². The molecule has 4 rings (SSSR count). The molecule has 4 aromatic rings. The van der Waals surface area contributed by atoms with E-state index in [4.69, 9.17) is 0 Å². The Balaban J connectivity index is 1.60. The van der Waals surface area contributed by atoms with E-state index in [9.17, 15) is 9.18 Å². The molecule has 0 bridgehead atoms. The molecule has 124 valence electrons. The number of nitrogens with zero attached hydrogens (tertiary/aromatic N) is 3. The molecule has 0 atom stereocenters. The van der Waals surface area contributed by atoms with Crippen LogP contribution in [0.15, 0.2) is 67.0 Å². The number of halogens is 1. The van der Waals surface area contributed by atoms with Gasteiger partial charge in [-0.25, -0.2) is 9.07 Å². The summed E-state index contributed by atoms with van der Waals surface area (Å²) in [7, 11) is 1.75. The lowest BCUT2D eigenvalue weighted by atomic mass is 10.2. The Labute approximate surface area is 143 Å². The lowest BCUT2D eigenvalue weighted by molar-refractivity contribution is 0.102. The first-order valence-electron chi connectivity index (χ1n) is 7.79. The lowest BCUT2D eigenvalue weighted by Gasteiger charge is -2.08. The van der Waals surface area contributed by atoms with Gasteiger partial charge in [-0.3, -0.25) is 4.79 Å². The van der Waals surface area contributed by atoms with Crippen LogP contribution in [0.3, 0.4) is 0 Å². The summed E-state index contributed by atoms with van der Waals surface area (Å²) in [5.41, 5.74) is 2.64. The third-order valence-corrected chi connectivity index (χ3v) is 4.16. The molecule has 0 aliphatic heterocycles. The Morgan fingerprint density at radius 1 is 1.12 bits per heavy atom. The van der Waals surface area contributed by atoms with Crippen molar-refractivity contribution in [3.63, 3.8) is 0 Å². The number of aromatic nitrogens is 3. The van der Waals surface area contributed by atoms with Crippen LogP contribution >= 0.6 is 0 Å². The fraction of sp³-hybridized carbons (Fsp3) is 0.0526. The highest BCUT2D eigenvalue weighted by molar-refractivity contribution is 6.06. The van der Waals surface area contributed by atoms with Gasteiger partial charge in [0.25, 0.3) is 5.91 Å². The summed E-state index contributed by atoms with van der Waals surface area (Å²) in [5.74, 6) is -0.624. The second-order valence-corrected chi connectivity index (χ2v) is 5.71. The topological polar surface area (TPSA) is 51.9 Å². The van der Waals surface area contributed by atoms with E-state index in [0.29, 0.717) is 22.3 Å². The van der Waals surface area contributed by atoms with Gasteiger partial charge in [0.1, 0.15) is 11.5 Å². The standard InChI is InChI=1S/C19H15FN4O/c1-23-17-5-2-4-16(20)15(17)12-18(23)19(25)22-13-6-8-14(9-7-13)24-11-3-10-21-24/h2-12H,1H3,(H,22,25). The van der Waals surface area contributed by atoms with Crippen LogP contribution in [0, 0.1) is 5.82 Å². The van der Waals surface area contributed by atoms with E-state index < -0.39 is 0 Å². The summed E-state index contributed by atoms with van der Waals surface area (Å²) >= 11 is 0. The number of rotatable bonds is 3. The van der Waals surface area contributed by atoms with Crippen LogP contribution in [0.4, 0.5) is 10.1 Å². The maximum atomic E-state index is 13.9. The first-order valence-corrected chi connectivity index (χ1v) is 7.79. The van der Waals surface area contributed by atoms with Crippen molar-refractivity contribution in [3.8, 4) is 5.69 Å². The summed E-state index contributed by atoms with van der Waals surface area (Å²) in [6, 6.07) is 15.6. The average molecular weight is 334 g/mol. The summed E-state index contributed by atoms with van der Waals surface area (Å²) in [5, 5.41) is 7.43. The Morgan fingerprint density at radius 3 is 2.60 bits per heavy atom. The zero-order valence-corrected chi connectivity index (χ0v) is 13.5. The van der Waals surface area contributed by atoms with Crippen LogP contribution in [0.5, 0.6) is 0 Å². The van der Waals surface area contributed by atoms with Crippen LogP contribution in [0.1, 0.15) is 10.5 Å². The molecule has 1 amide bonds. The Morgan fingerprint density at radius 2 is 1.92 bits per heavy atom. The number of anilines is 1. The van der Waals surface area contributed by atoms with Crippen LogP contribution < -0.4 is 5.32 Å². The van der Waals surface area contributed by atoms with Crippen LogP contribution in [0.25, 0.3) is 16.6 Å². The van der Waals surface area contributed by atoms with Crippen molar-refractivity contribution in [1.82, 2.24) is 14.3 Å². The molecule has 25 heavy (non-hydrogen) atoms. The molecule has 5 nitrogen and oxygen atoms in total. The van der Waals surface area contributed by atoms with Gasteiger partial charge in [-0.15, -0.1) is 0 Å². The van der Waals surface area contributed by atoms with Crippen molar-refractivity contribution in [2.24, 2.45) is 7.05 Å². The van der Waals surface area contributed by atoms with E-state index in [1.54, 1.807) is 52.8 Å². The van der Waals surface area contributed by atoms with Gasteiger partial charge >= 0.3 is 0 Å². The zero-order chi connectivity index (χ0) is 17.4. The van der Waals surface area contributed by atoms with Gasteiger partial charge in [0.15, 0.2) is 0 Å². The summed E-state index contributed by atoms with van der Waals surface area (Å²) in [6.45, 7) is 0. The summed E-state index contributed by atoms with van der Waals surface area (Å²) in [6.07, 6.45) is 3.55. The molecule has 2 aromatic carbocycles. The number of nitrogens with one attached hydrogen (secondary N) is 1. The Hall–Kier alpha value is -3.41. The van der Waals surface area contributed by atoms with Crippen LogP contribution in [-0.4, -0.2) is 20.3 Å². The van der Waals surface area contributed by atoms with Gasteiger partial charge in [0, 0.05) is 30.5 Å². The number of amides is 1. The number of fused-ring (bicyclic) bond motifs is 1. The van der Waals surface area contributed by atoms with E-state index >= 15 is 0 Å². The first kappa shape index (κ1) is 15.1. The number of carbonyl (C=O) groups is 1. The third kappa shape index (κ3) is 2.67. The fourth-order valence-corrected chi connectivity index (χ4v) is 2.86. The van der Waals surface area contributed by atoms with E-state index in [2.05, 4.69) is 10.4 Å². The van der Waals surface area contributed by atoms with Crippen molar-refractivity contribution >= 4 is 22.5 Å². The maximum absolute atomic E-state index is 13.9. The molecular weight excluding hydrogens is 319 g/mol. The SMILES string of the molecule is Cn1c(C(=O)Nc2ccc(-n3cccn3)cc2)cc2c(F)cccc21. The first-order chi connectivity index (χ1) is 12.1. The van der Waals surface area contributed by atoms with Crippen molar-refractivity contribution < 1.29 is 9.18 Å². The predicted octanol–water partition coefficient (Wildman–Crippen LogP) is 3.76. The molecule has 0 spiro atoms. The minimum absolute atomic E-state index is 0.287. The molecule has 0 saturated heterocycles. The number of aryl methyl sites for hydroxylation is 1. The summed E-state index contributed by atoms with van der Waals surface area (Å²) in [4.78, 5) is 12.6. The monoisotopic (exact) mass is 334 g/mol. The van der Waals surface area contributed by atoms with Crippen molar-refractivity contribution in [2.75, 3.05) is 5.32 Å². The molecular formula is C19H15FN4O. The highest BCUT2D eigenvalue weighted by atomic mass is 19.1. The van der Waals surface area contributed by atoms with Gasteiger partial charge in [0.05, 0.1) is 11.2 Å². The quantitative estimate of drug-likeness (QED) is 0.620. The van der Waals surface area contributed by atoms with Gasteiger partial charge < -0.3 is 9.88 Å². The molecule has 0 aliphatic rings. The molecule has 1 N–H and O–H groups in total. The smallest absolute Gasteiger partial charge is 0.272 e. The molecule has 6 heteroatoms. The molecule has 0 radical (unpaired) electrons. The van der Waals surface area contributed by atoms with Crippen molar-refractivity contribution in [2.45, 2.75) is 0 Å². The van der Waals surface area contributed by atoms with Gasteiger partial charge in [-0.2, -0.15) is 5.10 Å². The zero-order valence-electron chi connectivity index (χ0n) is 13.5. The van der Waals surface area contributed by atoms with Gasteiger partial charge in [-0.1, -0.05) is 6.07 Å². The highest BCUT2D eigenvalue weighted by Crippen LogP contribution is 2.22. The Kier molecular flexibility index (Phi) is 3.57. The van der Waals surface area contributed by atoms with E-state index in [1.807, 2.05) is 24.4 Å². The molecule has 0 saturated carbocycles. The molecule has 0 aliphatic carbocycles. The van der Waals surface area contributed by atoms with E-state index in [-0.39, 0.29) is 11.7 Å². The van der Waals surface area contributed by atoms with Gasteiger partial charge in [-0.05, 0) is 48.5 Å². The third-order valence-electron chi connectivity index (χ3n) is 4.16. The van der Waals surface area contributed by atoms with Crippen molar-refractivity contribution in [1.29, 1.82) is 0 Å². The second-order valence-electron chi connectivity index (χ2n) is 5.71. The number of carbonyl (C=O) groups excluding carboxylic acids is 1. The van der Waals surface area contributed by atoms with Crippen molar-refractivity contribution in [3.05, 3.63) is 78.5 Å². The van der Waals surface area contributed by atoms with Crippen LogP contribution in [0.2, 0.25) is 0 Å². The number of hydrogen-bond donors (Lipinski definition) is 1. The highest BCUT2D eigenvalue weighted by Gasteiger charge is 2.15. The molecule has 2 heterocycles. The molecule has 0 fully saturated rings. The fourth-order valence-electron chi connectivity index (χ4n) is 2.86. The van der Waals surface area contributed by atoms with E-state index in [1.165, 1.54) is 6.07 Å². The maximum Gasteiger partial charge on any atom is 0.272 e. The molecule has 2 aromatic heterocycles. The minimum atomic E-state index is -0.337. The summed E-state index contributed by atoms with van der Waals surface area (Å²) < 4.78 is 17.3. The Bertz CT molecular complexity index is 1050. The van der Waals surface area contributed by atoms with Gasteiger partial charge in [0.2, 0.25) is 0 Å². The molecule has 0 unspecified atom stereocenters. The number of benzene rings is 2.